The molecule has 1 atom stereocenters. The Morgan fingerprint density at radius 3 is 2.26 bits per heavy atom. The number of nitrogens with zero attached hydrogens (tertiary/aromatic N) is 1. The Labute approximate surface area is 137 Å². The molecular weight excluding hydrogens is 296 g/mol. The van der Waals surface area contributed by atoms with E-state index in [2.05, 4.69) is 5.32 Å². The lowest BCUT2D eigenvalue weighted by Gasteiger charge is -2.29. The molecule has 1 N–H and O–H groups in total. The number of carbonyl (C=O) groups excluding carboxylic acids is 1. The normalized spacial score (nSPS) is 13.3. The quantitative estimate of drug-likeness (QED) is 0.641. The maximum absolute atomic E-state index is 12.0. The van der Waals surface area contributed by atoms with Crippen LogP contribution in [0.1, 0.15) is 46.6 Å². The van der Waals surface area contributed by atoms with Crippen LogP contribution >= 0.6 is 0 Å². The van der Waals surface area contributed by atoms with Gasteiger partial charge in [-0.15, -0.1) is 0 Å². The molecule has 0 heterocycles. The molecule has 0 saturated carbocycles. The second kappa shape index (κ2) is 7.44. The van der Waals surface area contributed by atoms with E-state index in [0.29, 0.717) is 12.8 Å². The van der Waals surface area contributed by atoms with Crippen molar-refractivity contribution in [3.63, 3.8) is 0 Å². The molecule has 0 aliphatic heterocycles. The topological polar surface area (TPSA) is 81.5 Å². The van der Waals surface area contributed by atoms with Crippen LogP contribution in [0.3, 0.4) is 0 Å². The van der Waals surface area contributed by atoms with Gasteiger partial charge in [0.15, 0.2) is 0 Å². The molecule has 0 saturated heterocycles. The van der Waals surface area contributed by atoms with Gasteiger partial charge in [0, 0.05) is 18.8 Å². The second-order valence-electron chi connectivity index (χ2n) is 7.13. The third-order valence-electron chi connectivity index (χ3n) is 3.58. The fourth-order valence-corrected chi connectivity index (χ4v) is 2.13. The summed E-state index contributed by atoms with van der Waals surface area (Å²) < 4.78 is 5.22. The van der Waals surface area contributed by atoms with Crippen molar-refractivity contribution in [2.45, 2.75) is 64.6 Å². The zero-order chi connectivity index (χ0) is 17.7. The summed E-state index contributed by atoms with van der Waals surface area (Å²) in [6.45, 7) is 8.29. The van der Waals surface area contributed by atoms with Crippen molar-refractivity contribution >= 4 is 6.09 Å². The summed E-state index contributed by atoms with van der Waals surface area (Å²) in [5, 5.41) is 14.0. The summed E-state index contributed by atoms with van der Waals surface area (Å²) in [6, 6.07) is 9.05. The first-order chi connectivity index (χ1) is 10.5. The van der Waals surface area contributed by atoms with E-state index in [9.17, 15) is 14.9 Å². The van der Waals surface area contributed by atoms with E-state index in [-0.39, 0.29) is 4.92 Å². The molecule has 0 aliphatic rings. The van der Waals surface area contributed by atoms with E-state index in [0.717, 1.165) is 5.56 Å². The predicted molar refractivity (Wildman–Crippen MR) is 89.0 cm³/mol. The number of carbonyl (C=O) groups is 1. The number of ether oxygens (including phenoxy) is 1. The van der Waals surface area contributed by atoms with Gasteiger partial charge in [-0.1, -0.05) is 30.3 Å². The van der Waals surface area contributed by atoms with Crippen LogP contribution in [0.2, 0.25) is 0 Å². The van der Waals surface area contributed by atoms with Crippen LogP contribution in [-0.2, 0) is 11.2 Å². The Kier molecular flexibility index (Phi) is 6.12. The molecule has 0 spiro atoms. The van der Waals surface area contributed by atoms with E-state index in [4.69, 9.17) is 4.74 Å². The highest BCUT2D eigenvalue weighted by Gasteiger charge is 2.42. The molecule has 0 radical (unpaired) electrons. The van der Waals surface area contributed by atoms with Gasteiger partial charge in [-0.25, -0.2) is 4.79 Å². The van der Waals surface area contributed by atoms with Crippen molar-refractivity contribution in [3.05, 3.63) is 46.0 Å². The molecular formula is C17H26N2O4. The highest BCUT2D eigenvalue weighted by atomic mass is 16.6. The number of hydrogen-bond donors (Lipinski definition) is 1. The van der Waals surface area contributed by atoms with E-state index in [1.54, 1.807) is 20.8 Å². The van der Waals surface area contributed by atoms with Gasteiger partial charge in [-0.05, 0) is 39.2 Å². The summed E-state index contributed by atoms with van der Waals surface area (Å²) in [5.74, 6) is 0. The van der Waals surface area contributed by atoms with E-state index in [1.165, 1.54) is 13.8 Å². The Hall–Kier alpha value is -2.11. The van der Waals surface area contributed by atoms with Gasteiger partial charge in [-0.3, -0.25) is 10.1 Å². The minimum atomic E-state index is -1.29. The Morgan fingerprint density at radius 2 is 1.78 bits per heavy atom. The second-order valence-corrected chi connectivity index (χ2v) is 7.13. The molecule has 1 aromatic rings. The lowest BCUT2D eigenvalue weighted by molar-refractivity contribution is -0.565. The highest BCUT2D eigenvalue weighted by Crippen LogP contribution is 2.20. The van der Waals surface area contributed by atoms with Crippen molar-refractivity contribution < 1.29 is 14.5 Å². The van der Waals surface area contributed by atoms with Crippen molar-refractivity contribution in [3.8, 4) is 0 Å². The van der Waals surface area contributed by atoms with Crippen LogP contribution < -0.4 is 5.32 Å². The predicted octanol–water partition coefficient (Wildman–Crippen LogP) is 3.57. The van der Waals surface area contributed by atoms with Gasteiger partial charge in [0.1, 0.15) is 11.6 Å². The molecule has 1 unspecified atom stereocenters. The molecule has 0 bridgehead atoms. The highest BCUT2D eigenvalue weighted by molar-refractivity contribution is 5.68. The van der Waals surface area contributed by atoms with Gasteiger partial charge in [0.05, 0.1) is 0 Å². The average Bonchev–Trinajstić information content (AvgIpc) is 2.42. The third kappa shape index (κ3) is 6.26. The summed E-state index contributed by atoms with van der Waals surface area (Å²) >= 11 is 0. The Bertz CT molecular complexity index is 535. The number of hydrogen-bond acceptors (Lipinski definition) is 4. The number of nitro groups is 1. The number of nitrogens with one attached hydrogen (secondary N) is 1. The number of rotatable bonds is 6. The summed E-state index contributed by atoms with van der Waals surface area (Å²) in [5.41, 5.74) is -0.860. The Balaban J connectivity index is 2.81. The zero-order valence-corrected chi connectivity index (χ0v) is 14.5. The first-order valence-corrected chi connectivity index (χ1v) is 7.70. The van der Waals surface area contributed by atoms with Crippen LogP contribution in [0.5, 0.6) is 0 Å². The zero-order valence-electron chi connectivity index (χ0n) is 14.5. The van der Waals surface area contributed by atoms with Crippen LogP contribution in [0.15, 0.2) is 30.3 Å². The van der Waals surface area contributed by atoms with Crippen LogP contribution in [0, 0.1) is 10.1 Å². The third-order valence-corrected chi connectivity index (χ3v) is 3.58. The summed E-state index contributed by atoms with van der Waals surface area (Å²) in [6.07, 6.45) is 0.459. The van der Waals surface area contributed by atoms with Crippen LogP contribution in [0.25, 0.3) is 0 Å². The molecule has 1 rings (SSSR count). The van der Waals surface area contributed by atoms with Gasteiger partial charge in [0.2, 0.25) is 5.54 Å². The van der Waals surface area contributed by atoms with Gasteiger partial charge in [0.25, 0.3) is 0 Å². The number of benzene rings is 1. The van der Waals surface area contributed by atoms with E-state index >= 15 is 0 Å². The minimum Gasteiger partial charge on any atom is -0.444 e. The Morgan fingerprint density at radius 1 is 1.22 bits per heavy atom. The maximum Gasteiger partial charge on any atom is 0.408 e. The summed E-state index contributed by atoms with van der Waals surface area (Å²) in [4.78, 5) is 23.0. The number of alkyl carbamates (subject to hydrolysis) is 1. The van der Waals surface area contributed by atoms with Crippen molar-refractivity contribution in [1.82, 2.24) is 5.32 Å². The van der Waals surface area contributed by atoms with Gasteiger partial charge >= 0.3 is 6.09 Å². The number of amides is 1. The lowest BCUT2D eigenvalue weighted by atomic mass is 9.90. The van der Waals surface area contributed by atoms with E-state index in [1.807, 2.05) is 30.3 Å². The molecule has 0 aliphatic carbocycles. The molecule has 0 aromatic heterocycles. The van der Waals surface area contributed by atoms with Crippen molar-refractivity contribution in [1.29, 1.82) is 0 Å². The molecule has 1 aromatic carbocycles. The first-order valence-electron chi connectivity index (χ1n) is 7.70. The van der Waals surface area contributed by atoms with Crippen LogP contribution in [-0.4, -0.2) is 28.2 Å². The largest absolute Gasteiger partial charge is 0.444 e. The molecule has 23 heavy (non-hydrogen) atoms. The van der Waals surface area contributed by atoms with Crippen LogP contribution in [0.4, 0.5) is 4.79 Å². The molecule has 6 nitrogen and oxygen atoms in total. The standard InChI is InChI=1S/C17H26N2O4/c1-16(2,3)23-15(20)18-14(17(4,5)19(21)22)12-11-13-9-7-6-8-10-13/h6-10,14H,11-12H2,1-5H3,(H,18,20). The first kappa shape index (κ1) is 18.9. The molecule has 0 fully saturated rings. The van der Waals surface area contributed by atoms with Gasteiger partial charge in [-0.2, -0.15) is 0 Å². The minimum absolute atomic E-state index is 0.361. The fraction of sp³-hybridized carbons (Fsp3) is 0.588. The number of aryl methyl sites for hydroxylation is 1. The van der Waals surface area contributed by atoms with E-state index < -0.39 is 23.3 Å². The fourth-order valence-electron chi connectivity index (χ4n) is 2.13. The lowest BCUT2D eigenvalue weighted by Crippen LogP contribution is -2.54. The van der Waals surface area contributed by atoms with Crippen molar-refractivity contribution in [2.24, 2.45) is 0 Å². The monoisotopic (exact) mass is 322 g/mol. The SMILES string of the molecule is CC(C)(C)OC(=O)NC(CCc1ccccc1)C(C)(C)[N+](=O)[O-]. The maximum atomic E-state index is 12.0. The molecule has 6 heteroatoms. The van der Waals surface area contributed by atoms with Gasteiger partial charge < -0.3 is 10.1 Å². The molecule has 128 valence electrons. The average molecular weight is 322 g/mol. The molecule has 1 amide bonds. The summed E-state index contributed by atoms with van der Waals surface area (Å²) in [7, 11) is 0. The van der Waals surface area contributed by atoms with Crippen molar-refractivity contribution in [2.75, 3.05) is 0 Å². The smallest absolute Gasteiger partial charge is 0.408 e.